The Labute approximate surface area is 192 Å². The molecule has 0 radical (unpaired) electrons. The van der Waals surface area contributed by atoms with Crippen molar-refractivity contribution in [2.45, 2.75) is 30.2 Å². The van der Waals surface area contributed by atoms with E-state index < -0.39 is 10.8 Å². The van der Waals surface area contributed by atoms with Crippen LogP contribution >= 0.6 is 0 Å². The van der Waals surface area contributed by atoms with Crippen LogP contribution < -0.4 is 9.64 Å². The Kier molecular flexibility index (Phi) is 6.94. The van der Waals surface area contributed by atoms with E-state index >= 15 is 0 Å². The molecule has 0 spiro atoms. The van der Waals surface area contributed by atoms with Crippen LogP contribution in [0.25, 0.3) is 0 Å². The van der Waals surface area contributed by atoms with Crippen LogP contribution in [-0.4, -0.2) is 47.6 Å². The number of benzene rings is 3. The molecule has 4 rings (SSSR count). The molecule has 0 bridgehead atoms. The van der Waals surface area contributed by atoms with Gasteiger partial charge in [0.1, 0.15) is 12.4 Å². The van der Waals surface area contributed by atoms with Gasteiger partial charge in [0.2, 0.25) is 0 Å². The number of hydrogen-bond donors (Lipinski definition) is 1. The third-order valence-corrected chi connectivity index (χ3v) is 7.43. The summed E-state index contributed by atoms with van der Waals surface area (Å²) in [6.45, 7) is 6.85. The molecule has 1 heterocycles. The molecule has 0 fully saturated rings. The van der Waals surface area contributed by atoms with Gasteiger partial charge in [-0.15, -0.1) is 0 Å². The first-order chi connectivity index (χ1) is 15.5. The van der Waals surface area contributed by atoms with Crippen LogP contribution in [0.5, 0.6) is 5.75 Å². The van der Waals surface area contributed by atoms with E-state index in [0.717, 1.165) is 52.1 Å². The molecule has 1 N–H and O–H groups in total. The van der Waals surface area contributed by atoms with E-state index in [-0.39, 0.29) is 13.2 Å². The fraction of sp³-hybridized carbons (Fsp3) is 0.308. The first-order valence-electron chi connectivity index (χ1n) is 10.9. The summed E-state index contributed by atoms with van der Waals surface area (Å²) >= 11 is 0. The molecule has 1 aliphatic heterocycles. The number of nitrogens with zero attached hydrogens (tertiary/aromatic N) is 2. The third kappa shape index (κ3) is 4.44. The summed E-state index contributed by atoms with van der Waals surface area (Å²) in [4.78, 5) is 6.34. The molecule has 32 heavy (non-hydrogen) atoms. The first kappa shape index (κ1) is 22.5. The highest BCUT2D eigenvalue weighted by molar-refractivity contribution is 7.85. The zero-order chi connectivity index (χ0) is 22.7. The second-order valence-corrected chi connectivity index (χ2v) is 9.58. The number of para-hydroxylation sites is 2. The maximum absolute atomic E-state index is 13.3. The summed E-state index contributed by atoms with van der Waals surface area (Å²) in [5.74, 6) is 0.809. The quantitative estimate of drug-likeness (QED) is 0.550. The molecule has 6 heteroatoms. The Morgan fingerprint density at radius 2 is 1.75 bits per heavy atom. The molecule has 0 aliphatic carbocycles. The van der Waals surface area contributed by atoms with Gasteiger partial charge in [0.15, 0.2) is 0 Å². The minimum absolute atomic E-state index is 0.00189. The Hall–Kier alpha value is -2.67. The van der Waals surface area contributed by atoms with Crippen molar-refractivity contribution in [1.29, 1.82) is 0 Å². The molecular weight excluding hydrogens is 420 g/mol. The predicted molar refractivity (Wildman–Crippen MR) is 129 cm³/mol. The summed E-state index contributed by atoms with van der Waals surface area (Å²) < 4.78 is 19.0. The van der Waals surface area contributed by atoms with Gasteiger partial charge in [0, 0.05) is 25.2 Å². The average molecular weight is 451 g/mol. The largest absolute Gasteiger partial charge is 0.491 e. The second-order valence-electron chi connectivity index (χ2n) is 8.16. The van der Waals surface area contributed by atoms with Crippen LogP contribution in [-0.2, 0) is 17.3 Å². The number of aryl methyl sites for hydroxylation is 1. The van der Waals surface area contributed by atoms with Gasteiger partial charge in [0.25, 0.3) is 0 Å². The Morgan fingerprint density at radius 1 is 1.00 bits per heavy atom. The lowest BCUT2D eigenvalue weighted by Crippen LogP contribution is -2.33. The fourth-order valence-electron chi connectivity index (χ4n) is 4.14. The summed E-state index contributed by atoms with van der Waals surface area (Å²) in [5.41, 5.74) is 5.56. The van der Waals surface area contributed by atoms with E-state index in [1.807, 2.05) is 42.5 Å². The summed E-state index contributed by atoms with van der Waals surface area (Å²) in [6, 6.07) is 20.0. The normalized spacial score (nSPS) is 14.9. The van der Waals surface area contributed by atoms with Crippen molar-refractivity contribution in [3.8, 4) is 5.75 Å². The molecular formula is C26H30N2O3S. The SMILES string of the molecule is Cc1ccc2c(c1C)N(CCN(C)Cc1ccccc1OCCO)c1ccccc1S2=O. The predicted octanol–water partition coefficient (Wildman–Crippen LogP) is 4.42. The topological polar surface area (TPSA) is 53.0 Å². The molecule has 0 saturated heterocycles. The number of aliphatic hydroxyl groups excluding tert-OH is 1. The highest BCUT2D eigenvalue weighted by Crippen LogP contribution is 2.44. The lowest BCUT2D eigenvalue weighted by molar-refractivity contribution is 0.198. The molecule has 0 aromatic heterocycles. The van der Waals surface area contributed by atoms with Crippen molar-refractivity contribution in [2.24, 2.45) is 0 Å². The highest BCUT2D eigenvalue weighted by Gasteiger charge is 2.29. The van der Waals surface area contributed by atoms with Gasteiger partial charge >= 0.3 is 0 Å². The molecule has 0 amide bonds. The average Bonchev–Trinajstić information content (AvgIpc) is 2.81. The molecule has 3 aromatic carbocycles. The Balaban J connectivity index is 1.57. The number of fused-ring (bicyclic) bond motifs is 2. The van der Waals surface area contributed by atoms with Gasteiger partial charge in [-0.2, -0.15) is 0 Å². The van der Waals surface area contributed by atoms with E-state index in [9.17, 15) is 4.21 Å². The van der Waals surface area contributed by atoms with E-state index in [0.29, 0.717) is 0 Å². The maximum Gasteiger partial charge on any atom is 0.123 e. The number of ether oxygens (including phenoxy) is 1. The standard InChI is InChI=1S/C26H30N2O3S/c1-19-12-13-25-26(20(19)2)28(22-9-5-7-11-24(22)32(25)30)15-14-27(3)18-21-8-4-6-10-23(21)31-17-16-29/h4-13,29H,14-18H2,1-3H3. The van der Waals surface area contributed by atoms with Crippen molar-refractivity contribution in [1.82, 2.24) is 4.90 Å². The lowest BCUT2D eigenvalue weighted by atomic mass is 10.1. The highest BCUT2D eigenvalue weighted by atomic mass is 32.2. The van der Waals surface area contributed by atoms with Crippen LogP contribution in [0.15, 0.2) is 70.5 Å². The number of rotatable bonds is 8. The zero-order valence-electron chi connectivity index (χ0n) is 18.9. The zero-order valence-corrected chi connectivity index (χ0v) is 19.7. The molecule has 5 nitrogen and oxygen atoms in total. The molecule has 0 saturated carbocycles. The van der Waals surface area contributed by atoms with E-state index in [4.69, 9.17) is 9.84 Å². The Morgan fingerprint density at radius 3 is 2.56 bits per heavy atom. The fourth-order valence-corrected chi connectivity index (χ4v) is 5.58. The van der Waals surface area contributed by atoms with Gasteiger partial charge in [-0.05, 0) is 56.3 Å². The summed E-state index contributed by atoms with van der Waals surface area (Å²) in [7, 11) is 0.924. The summed E-state index contributed by atoms with van der Waals surface area (Å²) in [6.07, 6.45) is 0. The van der Waals surface area contributed by atoms with E-state index in [1.165, 1.54) is 11.1 Å². The van der Waals surface area contributed by atoms with Gasteiger partial charge in [-0.1, -0.05) is 36.4 Å². The first-order valence-corrected chi connectivity index (χ1v) is 12.0. The van der Waals surface area contributed by atoms with Crippen molar-refractivity contribution in [3.63, 3.8) is 0 Å². The van der Waals surface area contributed by atoms with Crippen LogP contribution in [0.2, 0.25) is 0 Å². The van der Waals surface area contributed by atoms with Crippen molar-refractivity contribution < 1.29 is 14.1 Å². The molecule has 1 atom stereocenters. The van der Waals surface area contributed by atoms with E-state index in [1.54, 1.807) is 0 Å². The molecule has 3 aromatic rings. The van der Waals surface area contributed by atoms with Crippen molar-refractivity contribution >= 4 is 22.2 Å². The maximum atomic E-state index is 13.3. The minimum atomic E-state index is -1.17. The number of anilines is 2. The molecule has 1 unspecified atom stereocenters. The number of hydrogen-bond acceptors (Lipinski definition) is 5. The third-order valence-electron chi connectivity index (χ3n) is 5.96. The minimum Gasteiger partial charge on any atom is -0.491 e. The molecule has 168 valence electrons. The summed E-state index contributed by atoms with van der Waals surface area (Å²) in [5, 5.41) is 9.09. The molecule has 1 aliphatic rings. The van der Waals surface area contributed by atoms with Gasteiger partial charge in [-0.3, -0.25) is 0 Å². The van der Waals surface area contributed by atoms with Crippen molar-refractivity contribution in [3.05, 3.63) is 77.4 Å². The van der Waals surface area contributed by atoms with Crippen LogP contribution in [0.3, 0.4) is 0 Å². The van der Waals surface area contributed by atoms with Crippen LogP contribution in [0.4, 0.5) is 11.4 Å². The number of aliphatic hydroxyl groups is 1. The monoisotopic (exact) mass is 450 g/mol. The van der Waals surface area contributed by atoms with Gasteiger partial charge in [0.05, 0.1) is 38.6 Å². The smallest absolute Gasteiger partial charge is 0.123 e. The van der Waals surface area contributed by atoms with Gasteiger partial charge < -0.3 is 19.6 Å². The van der Waals surface area contributed by atoms with E-state index in [2.05, 4.69) is 48.9 Å². The van der Waals surface area contributed by atoms with Crippen LogP contribution in [0.1, 0.15) is 16.7 Å². The Bertz CT molecular complexity index is 1130. The van der Waals surface area contributed by atoms with Gasteiger partial charge in [-0.25, -0.2) is 4.21 Å². The van der Waals surface area contributed by atoms with Crippen molar-refractivity contribution in [2.75, 3.05) is 38.3 Å². The lowest BCUT2D eigenvalue weighted by Gasteiger charge is -2.35. The number of likely N-dealkylation sites (N-methyl/N-ethyl adjacent to an activating group) is 1. The second kappa shape index (κ2) is 9.86. The van der Waals surface area contributed by atoms with Crippen LogP contribution in [0, 0.1) is 13.8 Å².